The Kier molecular flexibility index (Phi) is 4.20. The molecule has 2 aliphatic heterocycles. The third-order valence-electron chi connectivity index (χ3n) is 3.88. The largest absolute Gasteiger partial charge is 0.214 e. The van der Waals surface area contributed by atoms with Crippen molar-refractivity contribution < 1.29 is 8.42 Å². The molecular formula is C12H22BrNO2S. The minimum atomic E-state index is -3.03. The van der Waals surface area contributed by atoms with Gasteiger partial charge in [0.1, 0.15) is 0 Å². The fourth-order valence-electron chi connectivity index (χ4n) is 3.01. The van der Waals surface area contributed by atoms with Crippen LogP contribution in [0.4, 0.5) is 0 Å². The van der Waals surface area contributed by atoms with Gasteiger partial charge in [-0.1, -0.05) is 29.8 Å². The van der Waals surface area contributed by atoms with Crippen LogP contribution in [-0.4, -0.2) is 35.4 Å². The van der Waals surface area contributed by atoms with E-state index < -0.39 is 10.0 Å². The maximum atomic E-state index is 12.4. The zero-order valence-electron chi connectivity index (χ0n) is 10.6. The Hall–Kier alpha value is 0.390. The van der Waals surface area contributed by atoms with Gasteiger partial charge in [-0.2, -0.15) is 4.31 Å². The van der Waals surface area contributed by atoms with E-state index in [1.807, 2.05) is 4.31 Å². The van der Waals surface area contributed by atoms with Gasteiger partial charge in [0.2, 0.25) is 10.0 Å². The van der Waals surface area contributed by atoms with Crippen LogP contribution in [0.25, 0.3) is 0 Å². The van der Waals surface area contributed by atoms with Crippen molar-refractivity contribution in [3.63, 3.8) is 0 Å². The summed E-state index contributed by atoms with van der Waals surface area (Å²) in [6, 6.07) is 0.519. The van der Waals surface area contributed by atoms with Crippen molar-refractivity contribution in [1.82, 2.24) is 4.31 Å². The maximum absolute atomic E-state index is 12.4. The summed E-state index contributed by atoms with van der Waals surface area (Å²) in [5.74, 6) is 0.779. The number of rotatable bonds is 4. The molecule has 0 saturated carbocycles. The zero-order valence-corrected chi connectivity index (χ0v) is 13.0. The quantitative estimate of drug-likeness (QED) is 0.746. The second-order valence-corrected chi connectivity index (χ2v) is 9.07. The van der Waals surface area contributed by atoms with Gasteiger partial charge in [-0.15, -0.1) is 0 Å². The van der Waals surface area contributed by atoms with Crippen molar-refractivity contribution in [2.24, 2.45) is 5.92 Å². The maximum Gasteiger partial charge on any atom is 0.214 e. The highest BCUT2D eigenvalue weighted by atomic mass is 79.9. The number of fused-ring (bicyclic) bond motifs is 2. The van der Waals surface area contributed by atoms with Gasteiger partial charge in [0.15, 0.2) is 0 Å². The Morgan fingerprint density at radius 2 is 1.76 bits per heavy atom. The van der Waals surface area contributed by atoms with E-state index in [2.05, 4.69) is 29.8 Å². The molecule has 2 heterocycles. The van der Waals surface area contributed by atoms with Crippen LogP contribution in [-0.2, 0) is 10.0 Å². The summed E-state index contributed by atoms with van der Waals surface area (Å²) in [5, 5.41) is 0. The molecule has 2 saturated heterocycles. The molecule has 0 aromatic heterocycles. The Labute approximate surface area is 113 Å². The van der Waals surface area contributed by atoms with Gasteiger partial charge in [0, 0.05) is 16.9 Å². The smallest absolute Gasteiger partial charge is 0.212 e. The molecule has 0 aromatic rings. The highest BCUT2D eigenvalue weighted by Crippen LogP contribution is 2.40. The first-order valence-electron chi connectivity index (χ1n) is 6.55. The molecule has 0 aromatic carbocycles. The van der Waals surface area contributed by atoms with Crippen molar-refractivity contribution >= 4 is 26.0 Å². The number of alkyl halides is 1. The predicted octanol–water partition coefficient (Wildman–Crippen LogP) is 2.75. The molecule has 0 aliphatic carbocycles. The lowest BCUT2D eigenvalue weighted by Crippen LogP contribution is -2.47. The van der Waals surface area contributed by atoms with Gasteiger partial charge in [0.25, 0.3) is 0 Å². The molecule has 3 nitrogen and oxygen atoms in total. The second kappa shape index (κ2) is 5.17. The molecule has 2 rings (SSSR count). The van der Waals surface area contributed by atoms with Crippen molar-refractivity contribution in [3.05, 3.63) is 0 Å². The van der Waals surface area contributed by atoms with Crippen LogP contribution in [0.2, 0.25) is 0 Å². The molecule has 2 unspecified atom stereocenters. The lowest BCUT2D eigenvalue weighted by atomic mass is 10.1. The van der Waals surface area contributed by atoms with Crippen LogP contribution < -0.4 is 0 Å². The van der Waals surface area contributed by atoms with Crippen molar-refractivity contribution in [3.8, 4) is 0 Å². The Morgan fingerprint density at radius 3 is 2.24 bits per heavy atom. The molecule has 0 spiro atoms. The van der Waals surface area contributed by atoms with E-state index in [1.54, 1.807) is 0 Å². The number of hydrogen-bond donors (Lipinski definition) is 0. The minimum absolute atomic E-state index is 0.260. The van der Waals surface area contributed by atoms with Crippen LogP contribution in [0.1, 0.15) is 46.0 Å². The number of halogens is 1. The molecule has 0 amide bonds. The van der Waals surface area contributed by atoms with Crippen LogP contribution in [0.3, 0.4) is 0 Å². The molecule has 100 valence electrons. The monoisotopic (exact) mass is 323 g/mol. The van der Waals surface area contributed by atoms with E-state index >= 15 is 0 Å². The molecule has 0 radical (unpaired) electrons. The van der Waals surface area contributed by atoms with Gasteiger partial charge in [-0.3, -0.25) is 0 Å². The Bertz CT molecular complexity index is 355. The summed E-state index contributed by atoms with van der Waals surface area (Å²) in [6.07, 6.45) is 4.84. The van der Waals surface area contributed by atoms with Gasteiger partial charge in [-0.25, -0.2) is 8.42 Å². The molecule has 0 N–H and O–H groups in total. The summed E-state index contributed by atoms with van der Waals surface area (Å²) >= 11 is 3.64. The SMILES string of the molecule is CC(C)CCS(=O)(=O)N1C2CCC1CC(Br)C2. The van der Waals surface area contributed by atoms with E-state index in [1.165, 1.54) is 0 Å². The number of nitrogens with zero attached hydrogens (tertiary/aromatic N) is 1. The average Bonchev–Trinajstić information content (AvgIpc) is 2.50. The van der Waals surface area contributed by atoms with Crippen molar-refractivity contribution in [2.45, 2.75) is 62.9 Å². The fraction of sp³-hybridized carbons (Fsp3) is 1.00. The summed E-state index contributed by atoms with van der Waals surface area (Å²) in [4.78, 5) is 0.511. The van der Waals surface area contributed by atoms with Crippen molar-refractivity contribution in [1.29, 1.82) is 0 Å². The highest BCUT2D eigenvalue weighted by Gasteiger charge is 2.45. The van der Waals surface area contributed by atoms with Crippen LogP contribution in [0.15, 0.2) is 0 Å². The number of sulfonamides is 1. The van der Waals surface area contributed by atoms with Gasteiger partial charge < -0.3 is 0 Å². The summed E-state index contributed by atoms with van der Waals surface area (Å²) < 4.78 is 26.6. The molecule has 5 heteroatoms. The van der Waals surface area contributed by atoms with Crippen LogP contribution in [0, 0.1) is 5.92 Å². The van der Waals surface area contributed by atoms with Crippen LogP contribution in [0.5, 0.6) is 0 Å². The second-order valence-electron chi connectivity index (χ2n) is 5.78. The zero-order chi connectivity index (χ0) is 12.6. The number of hydrogen-bond acceptors (Lipinski definition) is 2. The fourth-order valence-corrected chi connectivity index (χ4v) is 6.15. The first-order chi connectivity index (χ1) is 7.90. The highest BCUT2D eigenvalue weighted by molar-refractivity contribution is 9.09. The molecule has 2 bridgehead atoms. The standard InChI is InChI=1S/C12H22BrNO2S/c1-9(2)5-6-17(15,16)14-11-3-4-12(14)8-10(13)7-11/h9-12H,3-8H2,1-2H3. The van der Waals surface area contributed by atoms with E-state index in [-0.39, 0.29) is 12.1 Å². The molecule has 2 aliphatic rings. The van der Waals surface area contributed by atoms with E-state index in [0.717, 1.165) is 32.1 Å². The average molecular weight is 324 g/mol. The third kappa shape index (κ3) is 3.04. The van der Waals surface area contributed by atoms with E-state index in [0.29, 0.717) is 16.5 Å². The third-order valence-corrected chi connectivity index (χ3v) is 6.62. The first-order valence-corrected chi connectivity index (χ1v) is 9.08. The van der Waals surface area contributed by atoms with Crippen LogP contribution >= 0.6 is 15.9 Å². The molecule has 2 fully saturated rings. The molecule has 17 heavy (non-hydrogen) atoms. The predicted molar refractivity (Wildman–Crippen MR) is 73.8 cm³/mol. The van der Waals surface area contributed by atoms with E-state index in [4.69, 9.17) is 0 Å². The molecular weight excluding hydrogens is 302 g/mol. The lowest BCUT2D eigenvalue weighted by molar-refractivity contribution is 0.254. The Morgan fingerprint density at radius 1 is 1.24 bits per heavy atom. The van der Waals surface area contributed by atoms with Gasteiger partial charge in [-0.05, 0) is 38.0 Å². The minimum Gasteiger partial charge on any atom is -0.212 e. The van der Waals surface area contributed by atoms with Gasteiger partial charge >= 0.3 is 0 Å². The topological polar surface area (TPSA) is 37.4 Å². The van der Waals surface area contributed by atoms with Crippen molar-refractivity contribution in [2.75, 3.05) is 5.75 Å². The molecule has 2 atom stereocenters. The first kappa shape index (κ1) is 13.8. The Balaban J connectivity index is 2.07. The number of piperidine rings is 1. The summed E-state index contributed by atoms with van der Waals surface area (Å²) in [7, 11) is -3.03. The summed E-state index contributed by atoms with van der Waals surface area (Å²) in [5.41, 5.74) is 0. The van der Waals surface area contributed by atoms with E-state index in [9.17, 15) is 8.42 Å². The summed E-state index contributed by atoms with van der Waals surface area (Å²) in [6.45, 7) is 4.16. The normalized spacial score (nSPS) is 34.5. The lowest BCUT2D eigenvalue weighted by Gasteiger charge is -2.36. The van der Waals surface area contributed by atoms with Gasteiger partial charge in [0.05, 0.1) is 5.75 Å².